The Kier molecular flexibility index (Phi) is 24.6. The zero-order valence-electron chi connectivity index (χ0n) is 59.7. The van der Waals surface area contributed by atoms with Crippen molar-refractivity contribution in [2.45, 2.75) is 44.4 Å². The Morgan fingerprint density at radius 3 is 1.21 bits per heavy atom. The Balaban J connectivity index is 0.000000132. The highest BCUT2D eigenvalue weighted by atomic mass is 79.9. The Morgan fingerprint density at radius 2 is 0.800 bits per heavy atom. The minimum atomic E-state index is -5.85. The molecule has 0 saturated carbocycles. The summed E-state index contributed by atoms with van der Waals surface area (Å²) in [6, 6.07) is 56.7. The second-order valence-electron chi connectivity index (χ2n) is 25.6. The molecule has 31 heteroatoms. The van der Waals surface area contributed by atoms with Crippen molar-refractivity contribution in [3.05, 3.63) is 252 Å². The standard InChI is InChI=1S/C15H9BrClN3.C15H10ClF3N2O3S.C15H10ClN3.C14H11ClN2O.C10H17BN2O2.C10H6BrClO/c1-20-15(13(16)8-19-20)11-6-14(17)10-5-3-2-4-9(10)12(11)7-18;1-21-13(6-7-20-21)11-8-12(16)9-4-2-3-5-10(9)14(11)24-25(22,23)15(17,18)19;1-19-15(6-7-18-19)12-8-14(16)11-5-3-2-4-10(11)13(12)9-17;1-17-13(6-7-16-17)11-8-12(15)9-4-2-3-5-10(9)14(11)18;1-9(2)10(3,4)15-11(14-9)8-6-7-12-13(8)5;11-8-5-9(12)6-3-1-2-4-7(6)10(8)13/h2-6,8H,1H3;2-8H,1H3;2-8H,1H3;2-8,18H,1H3;6-7H,1-5H3;1-5,13H. The summed E-state index contributed by atoms with van der Waals surface area (Å²) < 4.78 is 87.6. The first-order valence-corrected chi connectivity index (χ1v) is 37.9. The van der Waals surface area contributed by atoms with Crippen LogP contribution in [0.25, 0.3) is 98.9 Å². The fourth-order valence-corrected chi connectivity index (χ4v) is 15.0. The monoisotopic (exact) mass is 1720 g/mol. The van der Waals surface area contributed by atoms with Crippen LogP contribution in [-0.4, -0.2) is 91.4 Å². The molecule has 1 aliphatic heterocycles. The van der Waals surface area contributed by atoms with E-state index in [4.69, 9.17) is 67.3 Å². The fraction of sp³-hybridized carbons (Fsp3) is 0.152. The average Bonchev–Trinajstić information content (AvgIpc) is 1.12. The van der Waals surface area contributed by atoms with Gasteiger partial charge in [-0.3, -0.25) is 23.4 Å². The van der Waals surface area contributed by atoms with Crippen LogP contribution < -0.4 is 9.78 Å². The van der Waals surface area contributed by atoms with Crippen LogP contribution in [0.2, 0.25) is 25.1 Å². The minimum Gasteiger partial charge on any atom is -0.507 e. The molecule has 16 rings (SSSR count). The van der Waals surface area contributed by atoms with Crippen molar-refractivity contribution in [3.8, 4) is 74.4 Å². The van der Waals surface area contributed by atoms with Crippen LogP contribution in [0.1, 0.15) is 38.8 Å². The maximum absolute atomic E-state index is 12.8. The number of benzene rings is 10. The summed E-state index contributed by atoms with van der Waals surface area (Å²) in [6.45, 7) is 8.18. The third-order valence-corrected chi connectivity index (χ3v) is 22.0. The van der Waals surface area contributed by atoms with Gasteiger partial charge in [0.05, 0.1) is 65.8 Å². The summed E-state index contributed by atoms with van der Waals surface area (Å²) in [4.78, 5) is 0. The molecule has 10 aromatic carbocycles. The molecule has 19 nitrogen and oxygen atoms in total. The highest BCUT2D eigenvalue weighted by molar-refractivity contribution is 9.11. The van der Waals surface area contributed by atoms with E-state index in [1.807, 2.05) is 183 Å². The van der Waals surface area contributed by atoms with Crippen LogP contribution >= 0.6 is 89.9 Å². The van der Waals surface area contributed by atoms with E-state index < -0.39 is 21.4 Å². The quantitative estimate of drug-likeness (QED) is 0.0857. The largest absolute Gasteiger partial charge is 0.534 e. The van der Waals surface area contributed by atoms with Gasteiger partial charge >= 0.3 is 22.7 Å². The number of hydrogen-bond acceptors (Lipinski definition) is 14. The Hall–Kier alpha value is -9.94. The van der Waals surface area contributed by atoms with Crippen LogP contribution in [0, 0.1) is 22.7 Å². The van der Waals surface area contributed by atoms with E-state index in [1.54, 1.807) is 80.9 Å². The molecule has 15 aromatic rings. The molecule has 0 aliphatic carbocycles. The molecule has 0 unspecified atom stereocenters. The van der Waals surface area contributed by atoms with Gasteiger partial charge < -0.3 is 23.7 Å². The molecular formula is C79H63BBr2Cl5F3N12O7S. The molecule has 110 heavy (non-hydrogen) atoms. The second-order valence-corrected chi connectivity index (χ2v) is 30.9. The first-order chi connectivity index (χ1) is 52.2. The molecule has 0 bridgehead atoms. The lowest BCUT2D eigenvalue weighted by molar-refractivity contribution is -0.0499. The van der Waals surface area contributed by atoms with Crippen molar-refractivity contribution in [2.75, 3.05) is 0 Å². The van der Waals surface area contributed by atoms with Gasteiger partial charge in [0.1, 0.15) is 23.6 Å². The van der Waals surface area contributed by atoms with E-state index in [0.29, 0.717) is 52.3 Å². The minimum absolute atomic E-state index is 0.0801. The molecule has 1 fully saturated rings. The number of aromatic hydroxyl groups is 2. The highest BCUT2D eigenvalue weighted by Crippen LogP contribution is 2.46. The number of hydrogen-bond donors (Lipinski definition) is 2. The average molecular weight is 1730 g/mol. The van der Waals surface area contributed by atoms with Crippen molar-refractivity contribution in [2.24, 2.45) is 35.2 Å². The van der Waals surface area contributed by atoms with E-state index >= 15 is 0 Å². The first-order valence-electron chi connectivity index (χ1n) is 33.1. The summed E-state index contributed by atoms with van der Waals surface area (Å²) in [5.74, 6) is 0.0134. The topological polar surface area (TPSA) is 239 Å². The summed E-state index contributed by atoms with van der Waals surface area (Å²) in [7, 11) is 2.79. The predicted octanol–water partition coefficient (Wildman–Crippen LogP) is 20.7. The molecular weight excluding hydrogens is 1670 g/mol. The third kappa shape index (κ3) is 16.7. The lowest BCUT2D eigenvalue weighted by Gasteiger charge is -2.32. The maximum atomic E-state index is 12.8. The number of alkyl halides is 3. The number of nitriles is 2. The summed E-state index contributed by atoms with van der Waals surface area (Å²) in [6.07, 6.45) is 8.28. The Labute approximate surface area is 672 Å². The number of phenols is 2. The molecule has 6 heterocycles. The third-order valence-electron chi connectivity index (χ3n) is 18.3. The van der Waals surface area contributed by atoms with Gasteiger partial charge in [-0.15, -0.1) is 0 Å². The van der Waals surface area contributed by atoms with E-state index in [9.17, 15) is 42.3 Å². The predicted molar refractivity (Wildman–Crippen MR) is 436 cm³/mol. The van der Waals surface area contributed by atoms with Gasteiger partial charge in [0, 0.05) is 161 Å². The maximum Gasteiger partial charge on any atom is 0.534 e. The molecule has 1 saturated heterocycles. The van der Waals surface area contributed by atoms with Gasteiger partial charge in [-0.05, 0) is 114 Å². The van der Waals surface area contributed by atoms with Crippen LogP contribution in [0.3, 0.4) is 0 Å². The molecule has 2 N–H and O–H groups in total. The zero-order valence-corrected chi connectivity index (χ0v) is 67.5. The highest BCUT2D eigenvalue weighted by Gasteiger charge is 2.53. The van der Waals surface area contributed by atoms with Crippen molar-refractivity contribution < 1.29 is 45.3 Å². The van der Waals surface area contributed by atoms with Gasteiger partial charge in [0.25, 0.3) is 0 Å². The lowest BCUT2D eigenvalue weighted by Crippen LogP contribution is -2.41. The van der Waals surface area contributed by atoms with E-state index in [2.05, 4.69) is 73.7 Å². The molecule has 0 spiro atoms. The molecule has 1 aliphatic rings. The fourth-order valence-electron chi connectivity index (χ4n) is 12.0. The van der Waals surface area contributed by atoms with Crippen LogP contribution in [0.5, 0.6) is 17.2 Å². The SMILES string of the molecule is Cn1ncc(Br)c1-c1cc(Cl)c2ccccc2c1C#N.Cn1nccc1-c1cc(Cl)c2ccccc2c1C#N.Cn1nccc1-c1cc(Cl)c2ccccc2c1O.Cn1nccc1-c1cc(Cl)c2ccccc2c1OS(=O)(=O)C(F)(F)F.Cn1nccc1B1OC(C)(C)C(C)(C)O1.Oc1c(Br)cc(Cl)c2ccccc12. The summed E-state index contributed by atoms with van der Waals surface area (Å²) >= 11 is 37.8. The second kappa shape index (κ2) is 33.3. The summed E-state index contributed by atoms with van der Waals surface area (Å²) in [5.41, 5.74) is 1.32. The van der Waals surface area contributed by atoms with E-state index in [1.165, 1.54) is 29.1 Å². The normalized spacial score (nSPS) is 12.9. The van der Waals surface area contributed by atoms with Crippen LogP contribution in [-0.2, 0) is 54.7 Å². The molecule has 0 amide bonds. The molecule has 0 radical (unpaired) electrons. The number of nitrogens with zero attached hydrogens (tertiary/aromatic N) is 12. The zero-order chi connectivity index (χ0) is 79.5. The smallest absolute Gasteiger partial charge is 0.507 e. The molecule has 5 aromatic heterocycles. The van der Waals surface area contributed by atoms with Crippen molar-refractivity contribution >= 4 is 167 Å². The Bertz CT molecular complexity index is 6180. The Morgan fingerprint density at radius 1 is 0.455 bits per heavy atom. The van der Waals surface area contributed by atoms with Gasteiger partial charge in [0.15, 0.2) is 5.75 Å². The number of aromatic nitrogens is 10. The van der Waals surface area contributed by atoms with E-state index in [0.717, 1.165) is 81.4 Å². The number of fused-ring (bicyclic) bond motifs is 5. The molecule has 560 valence electrons. The van der Waals surface area contributed by atoms with Crippen molar-refractivity contribution in [3.63, 3.8) is 0 Å². The number of phenolic OH excluding ortho intramolecular Hbond substituents is 2. The van der Waals surface area contributed by atoms with Crippen molar-refractivity contribution in [1.82, 2.24) is 48.9 Å². The van der Waals surface area contributed by atoms with Crippen LogP contribution in [0.4, 0.5) is 13.2 Å². The number of halogens is 10. The number of rotatable bonds is 7. The van der Waals surface area contributed by atoms with Gasteiger partial charge in [-0.25, -0.2) is 0 Å². The van der Waals surface area contributed by atoms with Gasteiger partial charge in [-0.2, -0.15) is 57.6 Å². The van der Waals surface area contributed by atoms with Crippen LogP contribution in [0.15, 0.2) is 216 Å². The van der Waals surface area contributed by atoms with Gasteiger partial charge in [0.2, 0.25) is 0 Å². The van der Waals surface area contributed by atoms with E-state index in [-0.39, 0.29) is 45.8 Å². The first kappa shape index (κ1) is 81.1. The van der Waals surface area contributed by atoms with Gasteiger partial charge in [-0.1, -0.05) is 179 Å². The summed E-state index contributed by atoms with van der Waals surface area (Å²) in [5, 5.41) is 69.6. The van der Waals surface area contributed by atoms with Crippen molar-refractivity contribution in [1.29, 1.82) is 10.5 Å². The lowest BCUT2D eigenvalue weighted by atomic mass is 9.85. The molecule has 0 atom stereocenters. The number of aryl methyl sites for hydroxylation is 5.